The number of carbonyl (C=O) groups excluding carboxylic acids is 1. The van der Waals surface area contributed by atoms with Gasteiger partial charge < -0.3 is 4.79 Å². The second-order valence-corrected chi connectivity index (χ2v) is 3.48. The van der Waals surface area contributed by atoms with Crippen molar-refractivity contribution in [3.05, 3.63) is 41.5 Å². The molecule has 0 saturated carbocycles. The number of allylic oxidation sites excluding steroid dienone is 2. The molecule has 0 bridgehead atoms. The average Bonchev–Trinajstić information content (AvgIpc) is 2.26. The fourth-order valence-corrected chi connectivity index (χ4v) is 1.40. The molecule has 0 fully saturated rings. The van der Waals surface area contributed by atoms with Crippen LogP contribution in [-0.4, -0.2) is 6.29 Å². The lowest BCUT2D eigenvalue weighted by molar-refractivity contribution is -0.107. The van der Waals surface area contributed by atoms with Crippen molar-refractivity contribution in [2.24, 2.45) is 0 Å². The first-order valence-corrected chi connectivity index (χ1v) is 4.91. The number of hydrogen-bond donors (Lipinski definition) is 0. The zero-order chi connectivity index (χ0) is 10.4. The highest BCUT2D eigenvalue weighted by Crippen LogP contribution is 2.20. The van der Waals surface area contributed by atoms with Crippen LogP contribution in [0.25, 0.3) is 5.57 Å². The third-order valence-electron chi connectivity index (χ3n) is 2.48. The molecule has 0 atom stereocenters. The molecule has 14 heavy (non-hydrogen) atoms. The molecule has 0 unspecified atom stereocenters. The van der Waals surface area contributed by atoms with E-state index in [2.05, 4.69) is 26.0 Å². The lowest BCUT2D eigenvalue weighted by Gasteiger charge is -2.06. The third kappa shape index (κ3) is 2.84. The van der Waals surface area contributed by atoms with E-state index in [1.165, 1.54) is 16.7 Å². The third-order valence-corrected chi connectivity index (χ3v) is 2.48. The molecule has 0 saturated heterocycles. The van der Waals surface area contributed by atoms with Crippen LogP contribution < -0.4 is 0 Å². The van der Waals surface area contributed by atoms with Gasteiger partial charge in [-0.3, -0.25) is 0 Å². The summed E-state index contributed by atoms with van der Waals surface area (Å²) in [5.74, 6) is 0. The van der Waals surface area contributed by atoms with Crippen LogP contribution >= 0.6 is 0 Å². The first-order valence-electron chi connectivity index (χ1n) is 4.91. The molecule has 0 radical (unpaired) electrons. The highest BCUT2D eigenvalue weighted by atomic mass is 16.1. The maximum absolute atomic E-state index is 10.2. The number of hydrogen-bond acceptors (Lipinski definition) is 1. The maximum Gasteiger partial charge on any atom is 0.120 e. The zero-order valence-corrected chi connectivity index (χ0v) is 8.79. The Morgan fingerprint density at radius 3 is 2.43 bits per heavy atom. The summed E-state index contributed by atoms with van der Waals surface area (Å²) >= 11 is 0. The number of carbonyl (C=O) groups is 1. The molecule has 1 aromatic rings. The minimum absolute atomic E-state index is 0.621. The van der Waals surface area contributed by atoms with Crippen LogP contribution in [-0.2, 0) is 4.79 Å². The van der Waals surface area contributed by atoms with Crippen LogP contribution in [0.5, 0.6) is 0 Å². The molecule has 1 heteroatoms. The summed E-state index contributed by atoms with van der Waals surface area (Å²) in [5.41, 5.74) is 3.83. The monoisotopic (exact) mass is 188 g/mol. The Bertz CT molecular complexity index is 322. The standard InChI is InChI=1S/C13H16O/c1-11(7-6-10-14)12(2)13-8-4-3-5-9-13/h3-5,8-10H,6-7H2,1-2H3. The molecule has 1 nitrogen and oxygen atoms in total. The van der Waals surface area contributed by atoms with E-state index in [1.54, 1.807) is 0 Å². The molecule has 0 aliphatic rings. The quantitative estimate of drug-likeness (QED) is 0.661. The summed E-state index contributed by atoms with van der Waals surface area (Å²) in [4.78, 5) is 10.2. The lowest BCUT2D eigenvalue weighted by Crippen LogP contribution is -1.86. The van der Waals surface area contributed by atoms with Crippen LogP contribution in [0.4, 0.5) is 0 Å². The van der Waals surface area contributed by atoms with Crippen molar-refractivity contribution in [1.29, 1.82) is 0 Å². The molecule has 0 aliphatic heterocycles. The van der Waals surface area contributed by atoms with Gasteiger partial charge in [0, 0.05) is 6.42 Å². The molecule has 0 aromatic heterocycles. The van der Waals surface area contributed by atoms with Gasteiger partial charge in [0.1, 0.15) is 6.29 Å². The number of rotatable bonds is 4. The van der Waals surface area contributed by atoms with Crippen molar-refractivity contribution in [2.75, 3.05) is 0 Å². The maximum atomic E-state index is 10.2. The zero-order valence-electron chi connectivity index (χ0n) is 8.79. The lowest BCUT2D eigenvalue weighted by atomic mass is 10.00. The summed E-state index contributed by atoms with van der Waals surface area (Å²) in [6.07, 6.45) is 2.46. The topological polar surface area (TPSA) is 17.1 Å². The van der Waals surface area contributed by atoms with E-state index in [0.717, 1.165) is 12.7 Å². The fourth-order valence-electron chi connectivity index (χ4n) is 1.40. The Balaban J connectivity index is 2.81. The summed E-state index contributed by atoms with van der Waals surface area (Å²) in [7, 11) is 0. The van der Waals surface area contributed by atoms with Crippen molar-refractivity contribution in [3.63, 3.8) is 0 Å². The van der Waals surface area contributed by atoms with E-state index in [-0.39, 0.29) is 0 Å². The number of benzene rings is 1. The molecule has 0 aliphatic carbocycles. The van der Waals surface area contributed by atoms with Crippen molar-refractivity contribution in [1.82, 2.24) is 0 Å². The van der Waals surface area contributed by atoms with Gasteiger partial charge >= 0.3 is 0 Å². The van der Waals surface area contributed by atoms with Crippen molar-refractivity contribution in [2.45, 2.75) is 26.7 Å². The Morgan fingerprint density at radius 2 is 1.86 bits per heavy atom. The van der Waals surface area contributed by atoms with Gasteiger partial charge in [0.05, 0.1) is 0 Å². The van der Waals surface area contributed by atoms with E-state index in [1.807, 2.05) is 18.2 Å². The minimum atomic E-state index is 0.621. The van der Waals surface area contributed by atoms with Crippen molar-refractivity contribution in [3.8, 4) is 0 Å². The molecule has 74 valence electrons. The Labute approximate surface area is 85.5 Å². The van der Waals surface area contributed by atoms with Crippen LogP contribution in [0.1, 0.15) is 32.3 Å². The van der Waals surface area contributed by atoms with E-state index < -0.39 is 0 Å². The summed E-state index contributed by atoms with van der Waals surface area (Å²) in [6.45, 7) is 4.20. The van der Waals surface area contributed by atoms with Crippen LogP contribution in [0.3, 0.4) is 0 Å². The smallest absolute Gasteiger partial charge is 0.120 e. The molecular formula is C13H16O. The highest BCUT2D eigenvalue weighted by Gasteiger charge is 1.99. The molecular weight excluding hydrogens is 172 g/mol. The fraction of sp³-hybridized carbons (Fsp3) is 0.308. The van der Waals surface area contributed by atoms with Gasteiger partial charge in [-0.1, -0.05) is 35.9 Å². The Morgan fingerprint density at radius 1 is 1.21 bits per heavy atom. The van der Waals surface area contributed by atoms with Gasteiger partial charge in [0.15, 0.2) is 0 Å². The molecule has 1 aromatic carbocycles. The minimum Gasteiger partial charge on any atom is -0.303 e. The van der Waals surface area contributed by atoms with Gasteiger partial charge in [-0.15, -0.1) is 0 Å². The van der Waals surface area contributed by atoms with Gasteiger partial charge in [0.25, 0.3) is 0 Å². The van der Waals surface area contributed by atoms with Gasteiger partial charge in [-0.25, -0.2) is 0 Å². The molecule has 0 spiro atoms. The van der Waals surface area contributed by atoms with Crippen LogP contribution in [0.2, 0.25) is 0 Å². The second-order valence-electron chi connectivity index (χ2n) is 3.48. The van der Waals surface area contributed by atoms with E-state index in [9.17, 15) is 4.79 Å². The predicted octanol–water partition coefficient (Wildman–Crippen LogP) is 3.46. The van der Waals surface area contributed by atoms with Crippen molar-refractivity contribution < 1.29 is 4.79 Å². The van der Waals surface area contributed by atoms with Crippen LogP contribution in [0.15, 0.2) is 35.9 Å². The molecule has 0 heterocycles. The first-order chi connectivity index (χ1) is 6.75. The molecule has 1 rings (SSSR count). The number of aldehydes is 1. The summed E-state index contributed by atoms with van der Waals surface area (Å²) in [6, 6.07) is 10.3. The van der Waals surface area contributed by atoms with E-state index >= 15 is 0 Å². The average molecular weight is 188 g/mol. The SMILES string of the molecule is CC(CCC=O)=C(C)c1ccccc1. The van der Waals surface area contributed by atoms with Crippen molar-refractivity contribution >= 4 is 11.9 Å². The predicted molar refractivity (Wildman–Crippen MR) is 60.0 cm³/mol. The Kier molecular flexibility index (Phi) is 4.11. The molecule has 0 N–H and O–H groups in total. The first kappa shape index (κ1) is 10.7. The largest absolute Gasteiger partial charge is 0.303 e. The summed E-state index contributed by atoms with van der Waals surface area (Å²) < 4.78 is 0. The van der Waals surface area contributed by atoms with Crippen LogP contribution in [0, 0.1) is 0 Å². The second kappa shape index (κ2) is 5.38. The van der Waals surface area contributed by atoms with Gasteiger partial charge in [0.2, 0.25) is 0 Å². The highest BCUT2D eigenvalue weighted by molar-refractivity contribution is 5.67. The normalized spacial score (nSPS) is 12.1. The van der Waals surface area contributed by atoms with E-state index in [0.29, 0.717) is 6.42 Å². The van der Waals surface area contributed by atoms with E-state index in [4.69, 9.17) is 0 Å². The summed E-state index contributed by atoms with van der Waals surface area (Å²) in [5, 5.41) is 0. The van der Waals surface area contributed by atoms with Gasteiger partial charge in [-0.05, 0) is 31.4 Å². The Hall–Kier alpha value is -1.37. The van der Waals surface area contributed by atoms with Gasteiger partial charge in [-0.2, -0.15) is 0 Å². The molecule has 0 amide bonds.